The second kappa shape index (κ2) is 5.57. The molecule has 2 N–H and O–H groups in total. The zero-order valence-corrected chi connectivity index (χ0v) is 14.3. The summed E-state index contributed by atoms with van der Waals surface area (Å²) in [6.45, 7) is 2.01. The Balaban J connectivity index is 2.19. The fourth-order valence-electron chi connectivity index (χ4n) is 2.09. The molecule has 0 aliphatic carbocycles. The Hall–Kier alpha value is -1.73. The van der Waals surface area contributed by atoms with Crippen molar-refractivity contribution in [2.75, 3.05) is 5.73 Å². The molecule has 1 heterocycles. The minimum atomic E-state index is 0.639. The van der Waals surface area contributed by atoms with Gasteiger partial charge in [0.25, 0.3) is 0 Å². The number of nitrogens with zero attached hydrogens (tertiary/aromatic N) is 4. The third-order valence-corrected chi connectivity index (χ3v) is 4.27. The van der Waals surface area contributed by atoms with Crippen LogP contribution in [0.1, 0.15) is 5.56 Å². The molecule has 7 heteroatoms. The lowest BCUT2D eigenvalue weighted by molar-refractivity contribution is 0.787. The highest BCUT2D eigenvalue weighted by Gasteiger charge is 2.15. The van der Waals surface area contributed by atoms with Crippen molar-refractivity contribution in [3.63, 3.8) is 0 Å². The number of benzene rings is 2. The third-order valence-electron chi connectivity index (χ3n) is 3.09. The maximum atomic E-state index is 5.87. The van der Waals surface area contributed by atoms with Crippen molar-refractivity contribution >= 4 is 37.5 Å². The number of nitrogen functional groups attached to an aromatic ring is 1. The molecule has 0 saturated heterocycles. The monoisotopic (exact) mass is 407 g/mol. The highest BCUT2D eigenvalue weighted by atomic mass is 79.9. The lowest BCUT2D eigenvalue weighted by atomic mass is 10.1. The summed E-state index contributed by atoms with van der Waals surface area (Å²) in [5.41, 5.74) is 9.37. The summed E-state index contributed by atoms with van der Waals surface area (Å²) >= 11 is 6.98. The standard InChI is InChI=1S/C14H11Br2N5/c1-8-6-9(15)2-5-13(8)21-14(18-19-20-21)11-7-10(17)3-4-12(11)16/h2-7H,17H2,1H3. The summed E-state index contributed by atoms with van der Waals surface area (Å²) in [6.07, 6.45) is 0. The first kappa shape index (κ1) is 14.2. The maximum absolute atomic E-state index is 5.87. The predicted molar refractivity (Wildman–Crippen MR) is 89.1 cm³/mol. The summed E-state index contributed by atoms with van der Waals surface area (Å²) in [4.78, 5) is 0. The molecule has 0 unspecified atom stereocenters. The van der Waals surface area contributed by atoms with E-state index in [9.17, 15) is 0 Å². The highest BCUT2D eigenvalue weighted by Crippen LogP contribution is 2.30. The first-order valence-electron chi connectivity index (χ1n) is 6.16. The van der Waals surface area contributed by atoms with Gasteiger partial charge in [0, 0.05) is 20.2 Å². The van der Waals surface area contributed by atoms with Gasteiger partial charge in [0.2, 0.25) is 0 Å². The van der Waals surface area contributed by atoms with Gasteiger partial charge in [0.15, 0.2) is 5.82 Å². The van der Waals surface area contributed by atoms with E-state index < -0.39 is 0 Å². The molecule has 0 spiro atoms. The SMILES string of the molecule is Cc1cc(Br)ccc1-n1nnnc1-c1cc(N)ccc1Br. The molecule has 3 aromatic rings. The highest BCUT2D eigenvalue weighted by molar-refractivity contribution is 9.10. The van der Waals surface area contributed by atoms with Gasteiger partial charge in [-0.1, -0.05) is 31.9 Å². The van der Waals surface area contributed by atoms with Crippen molar-refractivity contribution < 1.29 is 0 Å². The number of anilines is 1. The van der Waals surface area contributed by atoms with Crippen molar-refractivity contribution in [1.82, 2.24) is 20.2 Å². The topological polar surface area (TPSA) is 69.6 Å². The van der Waals surface area contributed by atoms with E-state index in [4.69, 9.17) is 5.73 Å². The minimum Gasteiger partial charge on any atom is -0.399 e. The van der Waals surface area contributed by atoms with Gasteiger partial charge in [-0.05, 0) is 59.3 Å². The van der Waals surface area contributed by atoms with Gasteiger partial charge in [0.05, 0.1) is 5.69 Å². The number of hydrogen-bond acceptors (Lipinski definition) is 4. The molecule has 0 aliphatic rings. The fourth-order valence-corrected chi connectivity index (χ4v) is 2.99. The average Bonchev–Trinajstić information content (AvgIpc) is 2.90. The number of rotatable bonds is 2. The molecule has 2 aromatic carbocycles. The Kier molecular flexibility index (Phi) is 3.77. The summed E-state index contributed by atoms with van der Waals surface area (Å²) in [6, 6.07) is 11.5. The number of tetrazole rings is 1. The van der Waals surface area contributed by atoms with Gasteiger partial charge in [-0.2, -0.15) is 4.68 Å². The molecule has 0 bridgehead atoms. The Morgan fingerprint density at radius 2 is 1.90 bits per heavy atom. The van der Waals surface area contributed by atoms with Crippen LogP contribution in [-0.4, -0.2) is 20.2 Å². The van der Waals surface area contributed by atoms with Crippen molar-refractivity contribution in [1.29, 1.82) is 0 Å². The van der Waals surface area contributed by atoms with E-state index in [1.165, 1.54) is 0 Å². The molecule has 0 aliphatic heterocycles. The van der Waals surface area contributed by atoms with E-state index in [0.717, 1.165) is 25.8 Å². The van der Waals surface area contributed by atoms with Crippen LogP contribution < -0.4 is 5.73 Å². The number of halogens is 2. The molecule has 106 valence electrons. The molecular formula is C14H11Br2N5. The summed E-state index contributed by atoms with van der Waals surface area (Å²) in [7, 11) is 0. The molecule has 0 saturated carbocycles. The quantitative estimate of drug-likeness (QED) is 0.655. The van der Waals surface area contributed by atoms with Crippen LogP contribution in [-0.2, 0) is 0 Å². The van der Waals surface area contributed by atoms with E-state index in [-0.39, 0.29) is 0 Å². The number of hydrogen-bond donors (Lipinski definition) is 1. The van der Waals surface area contributed by atoms with Gasteiger partial charge in [-0.3, -0.25) is 0 Å². The van der Waals surface area contributed by atoms with Crippen molar-refractivity contribution in [2.24, 2.45) is 0 Å². The van der Waals surface area contributed by atoms with Gasteiger partial charge in [-0.25, -0.2) is 0 Å². The molecular weight excluding hydrogens is 398 g/mol. The predicted octanol–water partition coefficient (Wildman–Crippen LogP) is 3.74. The van der Waals surface area contributed by atoms with Crippen molar-refractivity contribution in [3.05, 3.63) is 50.9 Å². The normalized spacial score (nSPS) is 10.8. The fraction of sp³-hybridized carbons (Fsp3) is 0.0714. The molecule has 0 atom stereocenters. The summed E-state index contributed by atoms with van der Waals surface area (Å²) in [5.74, 6) is 0.639. The van der Waals surface area contributed by atoms with Crippen molar-refractivity contribution in [3.8, 4) is 17.1 Å². The van der Waals surface area contributed by atoms with Gasteiger partial charge in [-0.15, -0.1) is 5.10 Å². The van der Waals surface area contributed by atoms with E-state index in [2.05, 4.69) is 47.4 Å². The Labute approximate surface area is 138 Å². The van der Waals surface area contributed by atoms with Crippen LogP contribution in [0.5, 0.6) is 0 Å². The van der Waals surface area contributed by atoms with E-state index in [1.54, 1.807) is 4.68 Å². The summed E-state index contributed by atoms with van der Waals surface area (Å²) < 4.78 is 3.62. The zero-order chi connectivity index (χ0) is 15.0. The second-order valence-electron chi connectivity index (χ2n) is 4.58. The van der Waals surface area contributed by atoms with Gasteiger partial charge in [0.1, 0.15) is 0 Å². The number of aromatic nitrogens is 4. The maximum Gasteiger partial charge on any atom is 0.188 e. The molecule has 21 heavy (non-hydrogen) atoms. The van der Waals surface area contributed by atoms with Crippen LogP contribution in [0.25, 0.3) is 17.1 Å². The van der Waals surface area contributed by atoms with E-state index >= 15 is 0 Å². The van der Waals surface area contributed by atoms with Crippen LogP contribution in [0.3, 0.4) is 0 Å². The van der Waals surface area contributed by atoms with Gasteiger partial charge >= 0.3 is 0 Å². The molecule has 0 amide bonds. The Bertz CT molecular complexity index is 813. The van der Waals surface area contributed by atoms with Crippen LogP contribution >= 0.6 is 31.9 Å². The lowest BCUT2D eigenvalue weighted by Crippen LogP contribution is -2.02. The second-order valence-corrected chi connectivity index (χ2v) is 6.35. The molecule has 0 fully saturated rings. The first-order valence-corrected chi connectivity index (χ1v) is 7.75. The molecule has 0 radical (unpaired) electrons. The lowest BCUT2D eigenvalue weighted by Gasteiger charge is -2.09. The number of aryl methyl sites for hydroxylation is 1. The first-order chi connectivity index (χ1) is 10.1. The van der Waals surface area contributed by atoms with Crippen LogP contribution in [0.4, 0.5) is 5.69 Å². The minimum absolute atomic E-state index is 0.639. The van der Waals surface area contributed by atoms with E-state index in [0.29, 0.717) is 11.5 Å². The molecule has 3 rings (SSSR count). The Morgan fingerprint density at radius 1 is 1.10 bits per heavy atom. The smallest absolute Gasteiger partial charge is 0.188 e. The van der Waals surface area contributed by atoms with Crippen LogP contribution in [0.15, 0.2) is 45.3 Å². The average molecular weight is 409 g/mol. The zero-order valence-electron chi connectivity index (χ0n) is 11.1. The number of nitrogens with two attached hydrogens (primary N) is 1. The van der Waals surface area contributed by atoms with E-state index in [1.807, 2.05) is 43.3 Å². The van der Waals surface area contributed by atoms with Crippen LogP contribution in [0.2, 0.25) is 0 Å². The van der Waals surface area contributed by atoms with Crippen LogP contribution in [0, 0.1) is 6.92 Å². The Morgan fingerprint density at radius 3 is 2.67 bits per heavy atom. The van der Waals surface area contributed by atoms with Crippen molar-refractivity contribution in [2.45, 2.75) is 6.92 Å². The largest absolute Gasteiger partial charge is 0.399 e. The van der Waals surface area contributed by atoms with Gasteiger partial charge < -0.3 is 5.73 Å². The third kappa shape index (κ3) is 2.71. The molecule has 5 nitrogen and oxygen atoms in total. The molecule has 1 aromatic heterocycles. The summed E-state index contributed by atoms with van der Waals surface area (Å²) in [5, 5.41) is 12.0.